The lowest BCUT2D eigenvalue weighted by atomic mass is 10.2. The number of aromatic nitrogens is 1. The molecular weight excluding hydrogens is 332 g/mol. The Bertz CT molecular complexity index is 943. The number of fused-ring (bicyclic) bond motifs is 1. The molecule has 0 saturated heterocycles. The molecule has 0 unspecified atom stereocenters. The van der Waals surface area contributed by atoms with Crippen LogP contribution in [0.3, 0.4) is 0 Å². The minimum atomic E-state index is -0.317. The van der Waals surface area contributed by atoms with Gasteiger partial charge in [0, 0.05) is 11.6 Å². The van der Waals surface area contributed by atoms with Gasteiger partial charge in [0.15, 0.2) is 4.80 Å². The quantitative estimate of drug-likeness (QED) is 0.715. The zero-order valence-corrected chi connectivity index (χ0v) is 14.3. The number of ether oxygens (including phenoxy) is 1. The molecule has 0 atom stereocenters. The number of para-hydroxylation sites is 1. The number of thiazole rings is 1. The van der Waals surface area contributed by atoms with Gasteiger partial charge in [-0.1, -0.05) is 35.1 Å². The van der Waals surface area contributed by atoms with Gasteiger partial charge in [-0.2, -0.15) is 4.99 Å². The predicted octanol–water partition coefficient (Wildman–Crippen LogP) is 4.13. The number of benzene rings is 2. The van der Waals surface area contributed by atoms with E-state index < -0.39 is 0 Å². The Morgan fingerprint density at radius 2 is 2.09 bits per heavy atom. The molecule has 0 saturated carbocycles. The van der Waals surface area contributed by atoms with Crippen LogP contribution < -0.4 is 9.54 Å². The van der Waals surface area contributed by atoms with Crippen LogP contribution >= 0.6 is 22.9 Å². The Hall–Kier alpha value is -2.11. The van der Waals surface area contributed by atoms with E-state index in [4.69, 9.17) is 16.3 Å². The molecule has 0 spiro atoms. The van der Waals surface area contributed by atoms with Crippen molar-refractivity contribution in [3.63, 3.8) is 0 Å². The largest absolute Gasteiger partial charge is 0.496 e. The van der Waals surface area contributed by atoms with Crippen LogP contribution in [-0.4, -0.2) is 17.6 Å². The third-order valence-electron chi connectivity index (χ3n) is 3.50. The zero-order valence-electron chi connectivity index (χ0n) is 12.7. The Kier molecular flexibility index (Phi) is 4.50. The van der Waals surface area contributed by atoms with E-state index in [0.717, 1.165) is 16.8 Å². The van der Waals surface area contributed by atoms with Gasteiger partial charge in [-0.25, -0.2) is 0 Å². The smallest absolute Gasteiger partial charge is 0.283 e. The van der Waals surface area contributed by atoms with Crippen LogP contribution in [0.4, 0.5) is 0 Å². The Morgan fingerprint density at radius 1 is 1.30 bits per heavy atom. The lowest BCUT2D eigenvalue weighted by Gasteiger charge is -2.04. The summed E-state index contributed by atoms with van der Waals surface area (Å²) in [4.78, 5) is 17.5. The molecule has 0 aliphatic heterocycles. The monoisotopic (exact) mass is 346 g/mol. The van der Waals surface area contributed by atoms with Crippen LogP contribution in [0, 0.1) is 0 Å². The maximum atomic E-state index is 12.5. The molecule has 0 bridgehead atoms. The Labute approximate surface area is 142 Å². The first-order chi connectivity index (χ1) is 11.1. The third-order valence-corrected chi connectivity index (χ3v) is 4.77. The van der Waals surface area contributed by atoms with Gasteiger partial charge in [0.1, 0.15) is 5.75 Å². The van der Waals surface area contributed by atoms with Crippen LogP contribution in [0.2, 0.25) is 5.02 Å². The van der Waals surface area contributed by atoms with Gasteiger partial charge < -0.3 is 9.30 Å². The second kappa shape index (κ2) is 6.56. The van der Waals surface area contributed by atoms with E-state index in [1.807, 2.05) is 35.8 Å². The number of halogens is 1. The molecule has 1 heterocycles. The van der Waals surface area contributed by atoms with Crippen LogP contribution in [0.5, 0.6) is 5.75 Å². The fourth-order valence-electron chi connectivity index (χ4n) is 2.41. The standard InChI is InChI=1S/C17H15ClN2O2S/c1-3-20-13-9-8-11(18)10-15(13)23-17(20)19-16(21)12-6-4-5-7-14(12)22-2/h4-10H,3H2,1-2H3. The summed E-state index contributed by atoms with van der Waals surface area (Å²) in [7, 11) is 1.54. The minimum Gasteiger partial charge on any atom is -0.496 e. The topological polar surface area (TPSA) is 43.6 Å². The molecule has 0 N–H and O–H groups in total. The Morgan fingerprint density at radius 3 is 2.83 bits per heavy atom. The average Bonchev–Trinajstić information content (AvgIpc) is 2.90. The SMILES string of the molecule is CCn1c(=NC(=O)c2ccccc2OC)sc2cc(Cl)ccc21. The molecule has 0 aliphatic rings. The normalized spacial score (nSPS) is 11.9. The highest BCUT2D eigenvalue weighted by Crippen LogP contribution is 2.22. The molecule has 23 heavy (non-hydrogen) atoms. The highest BCUT2D eigenvalue weighted by molar-refractivity contribution is 7.16. The van der Waals surface area contributed by atoms with Crippen molar-refractivity contribution in [1.29, 1.82) is 0 Å². The van der Waals surface area contributed by atoms with Crippen LogP contribution in [-0.2, 0) is 6.54 Å². The van der Waals surface area contributed by atoms with Crippen molar-refractivity contribution < 1.29 is 9.53 Å². The van der Waals surface area contributed by atoms with E-state index in [9.17, 15) is 4.79 Å². The summed E-state index contributed by atoms with van der Waals surface area (Å²) in [5, 5.41) is 0.671. The van der Waals surface area contributed by atoms with Gasteiger partial charge in [0.2, 0.25) is 0 Å². The summed E-state index contributed by atoms with van der Waals surface area (Å²) < 4.78 is 8.24. The van der Waals surface area contributed by atoms with Crippen molar-refractivity contribution in [3.05, 3.63) is 57.9 Å². The molecule has 0 radical (unpaired) electrons. The number of amides is 1. The van der Waals surface area contributed by atoms with Gasteiger partial charge in [-0.15, -0.1) is 0 Å². The van der Waals surface area contributed by atoms with E-state index in [0.29, 0.717) is 21.1 Å². The van der Waals surface area contributed by atoms with Crippen molar-refractivity contribution in [3.8, 4) is 5.75 Å². The van der Waals surface area contributed by atoms with Crippen molar-refractivity contribution in [2.45, 2.75) is 13.5 Å². The summed E-state index contributed by atoms with van der Waals surface area (Å²) in [6, 6.07) is 12.8. The maximum absolute atomic E-state index is 12.5. The zero-order chi connectivity index (χ0) is 16.4. The van der Waals surface area contributed by atoms with Crippen LogP contribution in [0.25, 0.3) is 10.2 Å². The molecule has 4 nitrogen and oxygen atoms in total. The molecule has 2 aromatic carbocycles. The third kappa shape index (κ3) is 3.02. The molecule has 0 fully saturated rings. The number of carbonyl (C=O) groups excluding carboxylic acids is 1. The number of hydrogen-bond donors (Lipinski definition) is 0. The fourth-order valence-corrected chi connectivity index (χ4v) is 3.77. The van der Waals surface area contributed by atoms with Gasteiger partial charge >= 0.3 is 0 Å². The van der Waals surface area contributed by atoms with Crippen molar-refractivity contribution in [1.82, 2.24) is 4.57 Å². The van der Waals surface area contributed by atoms with Gasteiger partial charge in [0.25, 0.3) is 5.91 Å². The molecule has 1 amide bonds. The number of nitrogens with zero attached hydrogens (tertiary/aromatic N) is 2. The number of rotatable bonds is 3. The first-order valence-electron chi connectivity index (χ1n) is 7.15. The summed E-state index contributed by atoms with van der Waals surface area (Å²) in [6.45, 7) is 2.74. The number of aryl methyl sites for hydroxylation is 1. The van der Waals surface area contributed by atoms with Crippen LogP contribution in [0.1, 0.15) is 17.3 Å². The van der Waals surface area contributed by atoms with Crippen molar-refractivity contribution in [2.75, 3.05) is 7.11 Å². The summed E-state index contributed by atoms with van der Waals surface area (Å²) >= 11 is 7.50. The van der Waals surface area contributed by atoms with E-state index in [1.54, 1.807) is 25.3 Å². The van der Waals surface area contributed by atoms with Crippen molar-refractivity contribution in [2.24, 2.45) is 4.99 Å². The van der Waals surface area contributed by atoms with Gasteiger partial charge in [-0.3, -0.25) is 4.79 Å². The highest BCUT2D eigenvalue weighted by atomic mass is 35.5. The first-order valence-corrected chi connectivity index (χ1v) is 8.34. The summed E-state index contributed by atoms with van der Waals surface area (Å²) in [5.41, 5.74) is 1.47. The average molecular weight is 347 g/mol. The molecule has 0 aliphatic carbocycles. The second-order valence-corrected chi connectivity index (χ2v) is 6.30. The molecule has 3 aromatic rings. The minimum absolute atomic E-state index is 0.317. The lowest BCUT2D eigenvalue weighted by Crippen LogP contribution is -2.16. The van der Waals surface area contributed by atoms with Gasteiger partial charge in [-0.05, 0) is 37.3 Å². The van der Waals surface area contributed by atoms with E-state index >= 15 is 0 Å². The van der Waals surface area contributed by atoms with Gasteiger partial charge in [0.05, 0.1) is 22.9 Å². The van der Waals surface area contributed by atoms with Crippen molar-refractivity contribution >= 4 is 39.1 Å². The number of carbonyl (C=O) groups is 1. The number of methoxy groups -OCH3 is 1. The second-order valence-electron chi connectivity index (χ2n) is 4.86. The maximum Gasteiger partial charge on any atom is 0.283 e. The lowest BCUT2D eigenvalue weighted by molar-refractivity contribution is 0.0995. The molecule has 118 valence electrons. The Balaban J connectivity index is 2.15. The predicted molar refractivity (Wildman–Crippen MR) is 93.4 cm³/mol. The summed E-state index contributed by atoms with van der Waals surface area (Å²) in [5.74, 6) is 0.204. The molecule has 3 rings (SSSR count). The molecule has 6 heteroatoms. The summed E-state index contributed by atoms with van der Waals surface area (Å²) in [6.07, 6.45) is 0. The molecular formula is C17H15ClN2O2S. The van der Waals surface area contributed by atoms with E-state index in [2.05, 4.69) is 4.99 Å². The highest BCUT2D eigenvalue weighted by Gasteiger charge is 2.12. The fraction of sp³-hybridized carbons (Fsp3) is 0.176. The molecule has 1 aromatic heterocycles. The van der Waals surface area contributed by atoms with Crippen LogP contribution in [0.15, 0.2) is 47.5 Å². The number of hydrogen-bond acceptors (Lipinski definition) is 3. The van der Waals surface area contributed by atoms with E-state index in [-0.39, 0.29) is 5.91 Å². The van der Waals surface area contributed by atoms with E-state index in [1.165, 1.54) is 11.3 Å². The first kappa shape index (κ1) is 15.8.